The summed E-state index contributed by atoms with van der Waals surface area (Å²) in [4.78, 5) is 0. The minimum atomic E-state index is -6.33. The van der Waals surface area contributed by atoms with E-state index in [1.165, 1.54) is 0 Å². The summed E-state index contributed by atoms with van der Waals surface area (Å²) in [5, 5.41) is -5.74. The van der Waals surface area contributed by atoms with Crippen LogP contribution in [-0.2, 0) is 0 Å². The van der Waals surface area contributed by atoms with Gasteiger partial charge < -0.3 is 0 Å². The molecule has 0 N–H and O–H groups in total. The standard InChI is InChI=1S/C6ClF9/c7-6(15,16)3(10)1(8)2(9)4(11,12)5(3,13)14. The molecule has 0 bridgehead atoms. The molecule has 0 saturated carbocycles. The van der Waals surface area contributed by atoms with Crippen LogP contribution >= 0.6 is 11.6 Å². The Labute approximate surface area is 86.7 Å². The van der Waals surface area contributed by atoms with Crippen LogP contribution in [0.5, 0.6) is 0 Å². The van der Waals surface area contributed by atoms with Gasteiger partial charge in [0.1, 0.15) is 0 Å². The molecular formula is C6ClF9. The van der Waals surface area contributed by atoms with E-state index in [0.29, 0.717) is 0 Å². The van der Waals surface area contributed by atoms with Gasteiger partial charge in [-0.15, -0.1) is 0 Å². The molecule has 0 spiro atoms. The fourth-order valence-electron chi connectivity index (χ4n) is 1.08. The third-order valence-corrected chi connectivity index (χ3v) is 2.25. The van der Waals surface area contributed by atoms with E-state index >= 15 is 0 Å². The Morgan fingerprint density at radius 3 is 1.38 bits per heavy atom. The van der Waals surface area contributed by atoms with Crippen molar-refractivity contribution in [2.75, 3.05) is 0 Å². The third kappa shape index (κ3) is 1.15. The predicted molar refractivity (Wildman–Crippen MR) is 33.8 cm³/mol. The monoisotopic (exact) mass is 278 g/mol. The van der Waals surface area contributed by atoms with Gasteiger partial charge >= 0.3 is 22.9 Å². The second kappa shape index (κ2) is 2.99. The van der Waals surface area contributed by atoms with Gasteiger partial charge in [-0.05, 0) is 11.6 Å². The third-order valence-electron chi connectivity index (χ3n) is 1.99. The maximum atomic E-state index is 13.0. The average Bonchev–Trinajstić information content (AvgIpc) is 2.18. The largest absolute Gasteiger partial charge is 0.368 e. The Bertz CT molecular complexity index is 354. The highest BCUT2D eigenvalue weighted by molar-refractivity contribution is 6.23. The van der Waals surface area contributed by atoms with Crippen LogP contribution in [0.25, 0.3) is 0 Å². The van der Waals surface area contributed by atoms with Crippen molar-refractivity contribution < 1.29 is 39.5 Å². The quantitative estimate of drug-likeness (QED) is 0.503. The van der Waals surface area contributed by atoms with Crippen molar-refractivity contribution in [2.45, 2.75) is 22.9 Å². The molecule has 1 unspecified atom stereocenters. The number of rotatable bonds is 1. The van der Waals surface area contributed by atoms with Crippen LogP contribution in [0, 0.1) is 0 Å². The molecule has 0 aromatic heterocycles. The lowest BCUT2D eigenvalue weighted by atomic mass is 9.99. The van der Waals surface area contributed by atoms with Crippen molar-refractivity contribution in [1.82, 2.24) is 0 Å². The van der Waals surface area contributed by atoms with Gasteiger partial charge in [-0.2, -0.15) is 26.3 Å². The molecule has 16 heavy (non-hydrogen) atoms. The molecule has 1 aliphatic rings. The fourth-order valence-corrected chi connectivity index (χ4v) is 1.29. The summed E-state index contributed by atoms with van der Waals surface area (Å²) >= 11 is 3.79. The summed E-state index contributed by atoms with van der Waals surface area (Å²) in [6.07, 6.45) is 0. The highest BCUT2D eigenvalue weighted by Gasteiger charge is 2.88. The Hall–Kier alpha value is -0.600. The molecule has 0 radical (unpaired) electrons. The van der Waals surface area contributed by atoms with Gasteiger partial charge in [0.05, 0.1) is 0 Å². The Kier molecular flexibility index (Phi) is 2.52. The van der Waals surface area contributed by atoms with E-state index in [-0.39, 0.29) is 0 Å². The van der Waals surface area contributed by atoms with Crippen molar-refractivity contribution in [1.29, 1.82) is 0 Å². The lowest BCUT2D eigenvalue weighted by Crippen LogP contribution is -2.58. The van der Waals surface area contributed by atoms with Gasteiger partial charge in [0.25, 0.3) is 0 Å². The van der Waals surface area contributed by atoms with E-state index in [9.17, 15) is 39.5 Å². The fraction of sp³-hybridized carbons (Fsp3) is 0.667. The first-order valence-corrected chi connectivity index (χ1v) is 3.77. The summed E-state index contributed by atoms with van der Waals surface area (Å²) in [6, 6.07) is 0. The summed E-state index contributed by atoms with van der Waals surface area (Å²) in [6.45, 7) is 0. The molecule has 1 rings (SSSR count). The van der Waals surface area contributed by atoms with Crippen LogP contribution in [0.15, 0.2) is 11.7 Å². The van der Waals surface area contributed by atoms with E-state index < -0.39 is 34.5 Å². The molecular weight excluding hydrogens is 279 g/mol. The van der Waals surface area contributed by atoms with Gasteiger partial charge in [0.15, 0.2) is 5.83 Å². The topological polar surface area (TPSA) is 0 Å². The number of hydrogen-bond acceptors (Lipinski definition) is 0. The smallest absolute Gasteiger partial charge is 0.220 e. The van der Waals surface area contributed by atoms with Crippen LogP contribution in [0.1, 0.15) is 0 Å². The van der Waals surface area contributed by atoms with Crippen molar-refractivity contribution in [3.05, 3.63) is 11.7 Å². The molecule has 0 aromatic rings. The molecule has 0 aliphatic heterocycles. The van der Waals surface area contributed by atoms with Crippen LogP contribution in [-0.4, -0.2) is 22.9 Å². The van der Waals surface area contributed by atoms with Gasteiger partial charge in [-0.1, -0.05) is 0 Å². The zero-order valence-electron chi connectivity index (χ0n) is 6.78. The van der Waals surface area contributed by atoms with Crippen molar-refractivity contribution >= 4 is 11.6 Å². The zero-order valence-corrected chi connectivity index (χ0v) is 7.54. The lowest BCUT2D eigenvalue weighted by molar-refractivity contribution is -0.270. The van der Waals surface area contributed by atoms with Gasteiger partial charge in [0, 0.05) is 0 Å². The van der Waals surface area contributed by atoms with Crippen LogP contribution < -0.4 is 0 Å². The van der Waals surface area contributed by atoms with Gasteiger partial charge in [0.2, 0.25) is 5.83 Å². The van der Waals surface area contributed by atoms with Crippen molar-refractivity contribution in [2.24, 2.45) is 0 Å². The van der Waals surface area contributed by atoms with E-state index in [2.05, 4.69) is 11.6 Å². The number of alkyl halides is 8. The van der Waals surface area contributed by atoms with Crippen molar-refractivity contribution in [3.8, 4) is 0 Å². The first-order valence-electron chi connectivity index (χ1n) is 3.39. The normalized spacial score (nSPS) is 33.4. The number of allylic oxidation sites excluding steroid dienone is 2. The molecule has 0 fully saturated rings. The first-order chi connectivity index (χ1) is 6.82. The molecule has 0 amide bonds. The van der Waals surface area contributed by atoms with Crippen LogP contribution in [0.4, 0.5) is 39.5 Å². The Balaban J connectivity index is 3.56. The minimum Gasteiger partial charge on any atom is -0.220 e. The maximum Gasteiger partial charge on any atom is 0.368 e. The SMILES string of the molecule is FC1=C(F)C(F)(C(F)(F)Cl)C(F)(F)C1(F)F. The maximum absolute atomic E-state index is 13.0. The first kappa shape index (κ1) is 13.5. The van der Waals surface area contributed by atoms with E-state index in [0.717, 1.165) is 0 Å². The number of halogens is 10. The number of hydrogen-bond donors (Lipinski definition) is 0. The minimum absolute atomic E-state index is 3.60. The molecule has 94 valence electrons. The van der Waals surface area contributed by atoms with E-state index in [4.69, 9.17) is 0 Å². The van der Waals surface area contributed by atoms with E-state index in [1.54, 1.807) is 0 Å². The Morgan fingerprint density at radius 1 is 0.875 bits per heavy atom. The second-order valence-electron chi connectivity index (χ2n) is 2.93. The van der Waals surface area contributed by atoms with Gasteiger partial charge in [-0.25, -0.2) is 13.2 Å². The second-order valence-corrected chi connectivity index (χ2v) is 3.41. The summed E-state index contributed by atoms with van der Waals surface area (Å²) in [7, 11) is 0. The molecule has 1 aliphatic carbocycles. The molecule has 1 atom stereocenters. The molecule has 0 saturated heterocycles. The molecule has 0 nitrogen and oxygen atoms in total. The summed E-state index contributed by atoms with van der Waals surface area (Å²) in [5.41, 5.74) is -5.92. The molecule has 0 heterocycles. The zero-order chi connectivity index (χ0) is 13.2. The van der Waals surface area contributed by atoms with Crippen LogP contribution in [0.3, 0.4) is 0 Å². The predicted octanol–water partition coefficient (Wildman–Crippen LogP) is 3.96. The lowest BCUT2D eigenvalue weighted by Gasteiger charge is -2.31. The highest BCUT2D eigenvalue weighted by Crippen LogP contribution is 2.64. The van der Waals surface area contributed by atoms with Crippen molar-refractivity contribution in [3.63, 3.8) is 0 Å². The highest BCUT2D eigenvalue weighted by atomic mass is 35.5. The Morgan fingerprint density at radius 2 is 1.25 bits per heavy atom. The van der Waals surface area contributed by atoms with Crippen LogP contribution in [0.2, 0.25) is 0 Å². The average molecular weight is 279 g/mol. The van der Waals surface area contributed by atoms with Gasteiger partial charge in [-0.3, -0.25) is 0 Å². The molecule has 10 heteroatoms. The summed E-state index contributed by atoms with van der Waals surface area (Å²) in [5.74, 6) is -19.6. The van der Waals surface area contributed by atoms with E-state index in [1.807, 2.05) is 0 Å². The molecule has 0 aromatic carbocycles. The summed E-state index contributed by atoms with van der Waals surface area (Å²) < 4.78 is 112.